The molecule has 1 atom stereocenters. The molecule has 0 saturated carbocycles. The molecule has 0 bridgehead atoms. The number of hydrogen-bond donors (Lipinski definition) is 1. The largest absolute Gasteiger partial charge is 0.495 e. The van der Waals surface area contributed by atoms with Gasteiger partial charge in [0.1, 0.15) is 5.75 Å². The van der Waals surface area contributed by atoms with E-state index in [4.69, 9.17) is 4.74 Å². The lowest BCUT2D eigenvalue weighted by atomic mass is 9.76. The molecule has 0 spiro atoms. The van der Waals surface area contributed by atoms with Gasteiger partial charge in [-0.2, -0.15) is 0 Å². The average Bonchev–Trinajstić information content (AvgIpc) is 2.79. The Bertz CT molecular complexity index is 903. The Morgan fingerprint density at radius 2 is 1.83 bits per heavy atom. The summed E-state index contributed by atoms with van der Waals surface area (Å²) < 4.78 is 5.64. The van der Waals surface area contributed by atoms with E-state index in [0.717, 1.165) is 42.9 Å². The Morgan fingerprint density at radius 1 is 1.10 bits per heavy atom. The van der Waals surface area contributed by atoms with Crippen molar-refractivity contribution < 1.29 is 4.74 Å². The molecular weight excluding hydrogens is 368 g/mol. The minimum Gasteiger partial charge on any atom is -0.495 e. The summed E-state index contributed by atoms with van der Waals surface area (Å²) in [4.78, 5) is 2.31. The molecular formula is C27H36N2O. The van der Waals surface area contributed by atoms with Crippen LogP contribution in [-0.2, 0) is 5.41 Å². The maximum absolute atomic E-state index is 5.64. The third-order valence-electron chi connectivity index (χ3n) is 5.78. The summed E-state index contributed by atoms with van der Waals surface area (Å²) in [6.45, 7) is 12.8. The molecule has 0 aromatic heterocycles. The summed E-state index contributed by atoms with van der Waals surface area (Å²) in [5, 5.41) is 3.40. The Kier molecular flexibility index (Phi) is 8.87. The molecule has 0 aliphatic carbocycles. The lowest BCUT2D eigenvalue weighted by Crippen LogP contribution is -2.21. The third-order valence-corrected chi connectivity index (χ3v) is 5.78. The number of para-hydroxylation sites is 1. The Morgan fingerprint density at radius 3 is 2.47 bits per heavy atom. The molecule has 0 fully saturated rings. The zero-order chi connectivity index (χ0) is 22.0. The summed E-state index contributed by atoms with van der Waals surface area (Å²) in [5.74, 6) is 7.63. The molecule has 0 radical (unpaired) electrons. The number of benzene rings is 2. The number of nitrogens with one attached hydrogen (secondary N) is 1. The average molecular weight is 405 g/mol. The molecule has 3 heteroatoms. The van der Waals surface area contributed by atoms with Gasteiger partial charge in [-0.1, -0.05) is 50.0 Å². The van der Waals surface area contributed by atoms with Gasteiger partial charge >= 0.3 is 0 Å². The summed E-state index contributed by atoms with van der Waals surface area (Å²) in [6, 6.07) is 14.8. The van der Waals surface area contributed by atoms with E-state index in [-0.39, 0.29) is 5.41 Å². The molecule has 0 saturated heterocycles. The van der Waals surface area contributed by atoms with Crippen LogP contribution < -0.4 is 15.0 Å². The standard InChI is InChI=1S/C27H36N2O/c1-7-20-28-25-16-12-11-15-24(25)27(5,8-2)19-13-14-22-17-18-23(21-26(22)30-6)29(9-3)10-4/h7,11-12,15-18,20-21,28H,8-10,19H2,1-6H3/b20-7+. The van der Waals surface area contributed by atoms with Crippen molar-refractivity contribution in [2.24, 2.45) is 0 Å². The van der Waals surface area contributed by atoms with E-state index in [9.17, 15) is 0 Å². The molecule has 30 heavy (non-hydrogen) atoms. The normalized spacial score (nSPS) is 12.7. The molecule has 3 nitrogen and oxygen atoms in total. The van der Waals surface area contributed by atoms with Crippen LogP contribution in [0, 0.1) is 11.8 Å². The zero-order valence-corrected chi connectivity index (χ0v) is 19.4. The molecule has 0 heterocycles. The second kappa shape index (κ2) is 11.4. The summed E-state index contributed by atoms with van der Waals surface area (Å²) in [6.07, 6.45) is 5.77. The van der Waals surface area contributed by atoms with Gasteiger partial charge in [-0.3, -0.25) is 0 Å². The van der Waals surface area contributed by atoms with Crippen molar-refractivity contribution in [3.8, 4) is 17.6 Å². The van der Waals surface area contributed by atoms with Gasteiger partial charge in [0.05, 0.1) is 12.7 Å². The van der Waals surface area contributed by atoms with Crippen LogP contribution in [0.4, 0.5) is 11.4 Å². The third kappa shape index (κ3) is 5.60. The molecule has 0 aliphatic heterocycles. The highest BCUT2D eigenvalue weighted by molar-refractivity contribution is 5.59. The van der Waals surface area contributed by atoms with Crippen molar-refractivity contribution in [1.29, 1.82) is 0 Å². The molecule has 2 aromatic rings. The number of allylic oxidation sites excluding steroid dienone is 1. The van der Waals surface area contributed by atoms with Crippen molar-refractivity contribution in [2.75, 3.05) is 30.4 Å². The number of hydrogen-bond acceptors (Lipinski definition) is 3. The molecule has 2 aromatic carbocycles. The smallest absolute Gasteiger partial charge is 0.136 e. The molecule has 2 rings (SSSR count). The van der Waals surface area contributed by atoms with Crippen molar-refractivity contribution in [3.63, 3.8) is 0 Å². The topological polar surface area (TPSA) is 24.5 Å². The molecule has 1 N–H and O–H groups in total. The minimum atomic E-state index is -0.0351. The quantitative estimate of drug-likeness (QED) is 0.477. The van der Waals surface area contributed by atoms with Gasteiger partial charge in [0.15, 0.2) is 0 Å². The van der Waals surface area contributed by atoms with Crippen LogP contribution in [0.5, 0.6) is 5.75 Å². The van der Waals surface area contributed by atoms with Crippen LogP contribution in [-0.4, -0.2) is 20.2 Å². The monoisotopic (exact) mass is 404 g/mol. The second-order valence-electron chi connectivity index (χ2n) is 7.64. The van der Waals surface area contributed by atoms with Crippen molar-refractivity contribution in [2.45, 2.75) is 52.9 Å². The van der Waals surface area contributed by atoms with Crippen LogP contribution >= 0.6 is 0 Å². The van der Waals surface area contributed by atoms with Gasteiger partial charge in [-0.25, -0.2) is 0 Å². The van der Waals surface area contributed by atoms with Gasteiger partial charge in [-0.05, 0) is 57.2 Å². The first-order valence-electron chi connectivity index (χ1n) is 10.9. The maximum atomic E-state index is 5.64. The predicted octanol–water partition coefficient (Wildman–Crippen LogP) is 6.60. The summed E-state index contributed by atoms with van der Waals surface area (Å²) in [5.41, 5.74) is 4.51. The highest BCUT2D eigenvalue weighted by atomic mass is 16.5. The first-order valence-corrected chi connectivity index (χ1v) is 10.9. The fourth-order valence-corrected chi connectivity index (χ4v) is 3.62. The Hall–Kier alpha value is -2.86. The van der Waals surface area contributed by atoms with E-state index in [0.29, 0.717) is 0 Å². The fraction of sp³-hybridized carbons (Fsp3) is 0.407. The lowest BCUT2D eigenvalue weighted by molar-refractivity contribution is 0.413. The van der Waals surface area contributed by atoms with Crippen LogP contribution in [0.15, 0.2) is 54.7 Å². The van der Waals surface area contributed by atoms with Gasteiger partial charge in [-0.15, -0.1) is 0 Å². The van der Waals surface area contributed by atoms with E-state index in [1.165, 1.54) is 11.3 Å². The minimum absolute atomic E-state index is 0.0351. The molecule has 160 valence electrons. The van der Waals surface area contributed by atoms with Gasteiger partial charge in [0.2, 0.25) is 0 Å². The second-order valence-corrected chi connectivity index (χ2v) is 7.64. The van der Waals surface area contributed by atoms with E-state index in [1.807, 2.05) is 19.2 Å². The first kappa shape index (κ1) is 23.4. The number of anilines is 2. The molecule has 1 unspecified atom stereocenters. The molecule has 0 aliphatic rings. The molecule has 0 amide bonds. The number of methoxy groups -OCH3 is 1. The van der Waals surface area contributed by atoms with Crippen molar-refractivity contribution >= 4 is 11.4 Å². The van der Waals surface area contributed by atoms with Gasteiger partial charge < -0.3 is 15.0 Å². The lowest BCUT2D eigenvalue weighted by Gasteiger charge is -2.29. The highest BCUT2D eigenvalue weighted by Crippen LogP contribution is 2.36. The van der Waals surface area contributed by atoms with E-state index >= 15 is 0 Å². The maximum Gasteiger partial charge on any atom is 0.136 e. The number of ether oxygens (including phenoxy) is 1. The predicted molar refractivity (Wildman–Crippen MR) is 131 cm³/mol. The van der Waals surface area contributed by atoms with Crippen LogP contribution in [0.1, 0.15) is 58.6 Å². The Balaban J connectivity index is 2.30. The highest BCUT2D eigenvalue weighted by Gasteiger charge is 2.26. The van der Waals surface area contributed by atoms with E-state index in [2.05, 4.69) is 92.2 Å². The fourth-order valence-electron chi connectivity index (χ4n) is 3.62. The summed E-state index contributed by atoms with van der Waals surface area (Å²) in [7, 11) is 1.71. The summed E-state index contributed by atoms with van der Waals surface area (Å²) >= 11 is 0. The van der Waals surface area contributed by atoms with E-state index < -0.39 is 0 Å². The number of rotatable bonds is 9. The van der Waals surface area contributed by atoms with Gasteiger partial charge in [0.25, 0.3) is 0 Å². The first-order chi connectivity index (χ1) is 14.5. The SMILES string of the molecule is C/C=C/Nc1ccccc1C(C)(CC)CC#Cc1ccc(N(CC)CC)cc1OC. The van der Waals surface area contributed by atoms with E-state index in [1.54, 1.807) is 7.11 Å². The van der Waals surface area contributed by atoms with Crippen LogP contribution in [0.2, 0.25) is 0 Å². The Labute approximate surface area is 183 Å². The van der Waals surface area contributed by atoms with Crippen molar-refractivity contribution in [3.05, 3.63) is 65.9 Å². The van der Waals surface area contributed by atoms with Gasteiger partial charge in [0, 0.05) is 42.4 Å². The zero-order valence-electron chi connectivity index (χ0n) is 19.4. The van der Waals surface area contributed by atoms with Crippen LogP contribution in [0.25, 0.3) is 0 Å². The number of nitrogens with zero attached hydrogens (tertiary/aromatic N) is 1. The van der Waals surface area contributed by atoms with Crippen LogP contribution in [0.3, 0.4) is 0 Å². The van der Waals surface area contributed by atoms with Crippen molar-refractivity contribution in [1.82, 2.24) is 0 Å².